The first-order valence-electron chi connectivity index (χ1n) is 11.5. The average Bonchev–Trinajstić information content (AvgIpc) is 3.14. The first-order valence-corrected chi connectivity index (χ1v) is 11.5. The van der Waals surface area contributed by atoms with Crippen LogP contribution in [0.4, 0.5) is 22.0 Å². The Balaban J connectivity index is 1.62. The third-order valence-corrected chi connectivity index (χ3v) is 6.39. The fourth-order valence-corrected chi connectivity index (χ4v) is 4.34. The topological polar surface area (TPSA) is 107 Å². The molecule has 7 nitrogen and oxygen atoms in total. The summed E-state index contributed by atoms with van der Waals surface area (Å²) in [6, 6.07) is 2.83. The maximum Gasteiger partial charge on any atom is 0.313 e. The molecule has 12 heteroatoms. The molecule has 2 atom stereocenters. The third-order valence-electron chi connectivity index (χ3n) is 6.39. The van der Waals surface area contributed by atoms with Crippen LogP contribution in [0.5, 0.6) is 0 Å². The molecule has 2 aromatic carbocycles. The minimum absolute atomic E-state index is 0.0172. The van der Waals surface area contributed by atoms with E-state index in [0.29, 0.717) is 0 Å². The summed E-state index contributed by atoms with van der Waals surface area (Å²) in [6.45, 7) is 1.52. The first kappa shape index (κ1) is 26.8. The van der Waals surface area contributed by atoms with Crippen molar-refractivity contribution in [3.63, 3.8) is 0 Å². The Morgan fingerprint density at radius 2 is 1.76 bits per heavy atom. The van der Waals surface area contributed by atoms with E-state index in [-0.39, 0.29) is 27.9 Å². The minimum Gasteiger partial charge on any atom is -0.355 e. The number of carbonyl (C=O) groups excluding carboxylic acids is 1. The molecular formula is C26H23F5N6O. The van der Waals surface area contributed by atoms with Gasteiger partial charge in [-0.3, -0.25) is 14.5 Å². The number of benzene rings is 2. The number of alkyl halides is 2. The van der Waals surface area contributed by atoms with Gasteiger partial charge in [-0.1, -0.05) is 0 Å². The maximum atomic E-state index is 15.3. The van der Waals surface area contributed by atoms with Crippen LogP contribution < -0.4 is 5.32 Å². The van der Waals surface area contributed by atoms with Crippen molar-refractivity contribution in [3.05, 3.63) is 76.8 Å². The lowest BCUT2D eigenvalue weighted by molar-refractivity contribution is 0.0676. The van der Waals surface area contributed by atoms with Crippen molar-refractivity contribution in [2.45, 2.75) is 25.3 Å². The summed E-state index contributed by atoms with van der Waals surface area (Å²) >= 11 is 0. The predicted molar refractivity (Wildman–Crippen MR) is 133 cm³/mol. The molecule has 0 saturated carbocycles. The second-order valence-corrected chi connectivity index (χ2v) is 8.99. The van der Waals surface area contributed by atoms with E-state index in [1.165, 1.54) is 37.0 Å². The van der Waals surface area contributed by atoms with Gasteiger partial charge in [-0.05, 0) is 37.3 Å². The van der Waals surface area contributed by atoms with Crippen molar-refractivity contribution in [2.24, 2.45) is 18.0 Å². The summed E-state index contributed by atoms with van der Waals surface area (Å²) in [5.41, 5.74) is -2.74. The van der Waals surface area contributed by atoms with Crippen LogP contribution in [0.25, 0.3) is 10.9 Å². The van der Waals surface area contributed by atoms with Crippen molar-refractivity contribution < 1.29 is 26.7 Å². The molecule has 0 radical (unpaired) electrons. The summed E-state index contributed by atoms with van der Waals surface area (Å²) in [6.07, 6.45) is 3.40. The van der Waals surface area contributed by atoms with Gasteiger partial charge in [0.2, 0.25) is 0 Å². The van der Waals surface area contributed by atoms with E-state index >= 15 is 8.78 Å². The van der Waals surface area contributed by atoms with E-state index in [9.17, 15) is 18.0 Å². The van der Waals surface area contributed by atoms with Gasteiger partial charge in [-0.2, -0.15) is 13.9 Å². The number of nitrogens with one attached hydrogen (secondary N) is 3. The van der Waals surface area contributed by atoms with Crippen LogP contribution in [0.1, 0.15) is 34.8 Å². The van der Waals surface area contributed by atoms with Gasteiger partial charge in [0.15, 0.2) is 0 Å². The molecule has 4 rings (SSSR count). The number of rotatable bonds is 6. The standard InChI is InChI=1S/C26H23F5N6O/c1-12-15(9-23(33)26(30,31)16-6-14-11-37(3)36-22(14)10-17(16)27)20(32)4-5-21(35-12)13-7-18(28)24(19(29)8-13)25(38)34-2/h4-8,10-12,15,32-33H,9H2,1-3H3,(H,34,38). The predicted octanol–water partition coefficient (Wildman–Crippen LogP) is 4.94. The number of aromatic nitrogens is 2. The highest BCUT2D eigenvalue weighted by Gasteiger charge is 2.42. The normalized spacial score (nSPS) is 17.9. The second kappa shape index (κ2) is 9.92. The molecule has 2 unspecified atom stereocenters. The van der Waals surface area contributed by atoms with Gasteiger partial charge in [0.05, 0.1) is 28.5 Å². The molecule has 0 saturated heterocycles. The molecule has 0 fully saturated rings. The average molecular weight is 531 g/mol. The SMILES string of the molecule is CNC(=O)c1c(F)cc(C2=NC(C)C(CC(=N)C(F)(F)c3cc4cn(C)nc4cc3F)C(=N)C=C2)cc1F. The fourth-order valence-electron chi connectivity index (χ4n) is 4.34. The summed E-state index contributed by atoms with van der Waals surface area (Å²) in [7, 11) is 2.80. The van der Waals surface area contributed by atoms with Crippen LogP contribution in [-0.2, 0) is 13.0 Å². The Hall–Kier alpha value is -4.22. The fraction of sp³-hybridized carbons (Fsp3) is 0.269. The molecular weight excluding hydrogens is 507 g/mol. The van der Waals surface area contributed by atoms with Gasteiger partial charge in [-0.15, -0.1) is 0 Å². The van der Waals surface area contributed by atoms with Crippen LogP contribution in [0.15, 0.2) is 47.6 Å². The molecule has 198 valence electrons. The summed E-state index contributed by atoms with van der Waals surface area (Å²) < 4.78 is 75.5. The van der Waals surface area contributed by atoms with E-state index < -0.39 is 64.5 Å². The number of halogens is 5. The highest BCUT2D eigenvalue weighted by Crippen LogP contribution is 2.36. The Morgan fingerprint density at radius 3 is 2.39 bits per heavy atom. The zero-order valence-electron chi connectivity index (χ0n) is 20.5. The van der Waals surface area contributed by atoms with E-state index in [2.05, 4.69) is 15.4 Å². The molecule has 3 N–H and O–H groups in total. The van der Waals surface area contributed by atoms with Crippen LogP contribution >= 0.6 is 0 Å². The largest absolute Gasteiger partial charge is 0.355 e. The molecule has 0 bridgehead atoms. The van der Waals surface area contributed by atoms with Crippen molar-refractivity contribution in [3.8, 4) is 0 Å². The van der Waals surface area contributed by atoms with Crippen LogP contribution in [0, 0.1) is 34.2 Å². The molecule has 38 heavy (non-hydrogen) atoms. The maximum absolute atomic E-state index is 15.3. The summed E-state index contributed by atoms with van der Waals surface area (Å²) in [4.78, 5) is 16.1. The van der Waals surface area contributed by atoms with Crippen LogP contribution in [0.3, 0.4) is 0 Å². The van der Waals surface area contributed by atoms with Gasteiger partial charge < -0.3 is 16.1 Å². The zero-order chi connectivity index (χ0) is 27.9. The zero-order valence-corrected chi connectivity index (χ0v) is 20.5. The summed E-state index contributed by atoms with van der Waals surface area (Å²) in [5.74, 6) is -9.36. The van der Waals surface area contributed by atoms with Crippen LogP contribution in [-0.4, -0.2) is 45.9 Å². The molecule has 1 aliphatic heterocycles. The van der Waals surface area contributed by atoms with Crippen molar-refractivity contribution in [1.29, 1.82) is 10.8 Å². The second-order valence-electron chi connectivity index (χ2n) is 8.99. The smallest absolute Gasteiger partial charge is 0.313 e. The molecule has 1 amide bonds. The molecule has 2 heterocycles. The molecule has 1 aromatic heterocycles. The van der Waals surface area contributed by atoms with Gasteiger partial charge in [0, 0.05) is 55.4 Å². The number of fused-ring (bicyclic) bond motifs is 1. The Kier molecular flexibility index (Phi) is 7.00. The van der Waals surface area contributed by atoms with Crippen LogP contribution in [0.2, 0.25) is 0 Å². The van der Waals surface area contributed by atoms with Gasteiger partial charge in [0.1, 0.15) is 23.0 Å². The summed E-state index contributed by atoms with van der Waals surface area (Å²) in [5, 5.41) is 22.9. The highest BCUT2D eigenvalue weighted by molar-refractivity contribution is 6.14. The number of aryl methyl sites for hydroxylation is 1. The molecule has 1 aliphatic rings. The Morgan fingerprint density at radius 1 is 1.11 bits per heavy atom. The number of amides is 1. The highest BCUT2D eigenvalue weighted by atomic mass is 19.3. The molecule has 0 aliphatic carbocycles. The van der Waals surface area contributed by atoms with Crippen molar-refractivity contribution in [1.82, 2.24) is 15.1 Å². The number of hydrogen-bond donors (Lipinski definition) is 3. The van der Waals surface area contributed by atoms with Gasteiger partial charge >= 0.3 is 5.92 Å². The number of allylic oxidation sites excluding steroid dienone is 2. The Bertz CT molecular complexity index is 1520. The van der Waals surface area contributed by atoms with E-state index in [4.69, 9.17) is 10.8 Å². The van der Waals surface area contributed by atoms with Gasteiger partial charge in [-0.25, -0.2) is 13.2 Å². The van der Waals surface area contributed by atoms with Gasteiger partial charge in [0.25, 0.3) is 5.91 Å². The monoisotopic (exact) mass is 530 g/mol. The lowest BCUT2D eigenvalue weighted by Gasteiger charge is -2.24. The van der Waals surface area contributed by atoms with E-state index in [1.807, 2.05) is 0 Å². The minimum atomic E-state index is -3.97. The molecule has 3 aromatic rings. The first-order chi connectivity index (χ1) is 17.8. The van der Waals surface area contributed by atoms with E-state index in [0.717, 1.165) is 24.3 Å². The number of hydrogen-bond acceptors (Lipinski definition) is 5. The number of nitrogens with zero attached hydrogens (tertiary/aromatic N) is 3. The van der Waals surface area contributed by atoms with E-state index in [1.54, 1.807) is 7.05 Å². The third kappa shape index (κ3) is 4.85. The lowest BCUT2D eigenvalue weighted by Crippen LogP contribution is -2.33. The quantitative estimate of drug-likeness (QED) is 0.310. The van der Waals surface area contributed by atoms with Crippen molar-refractivity contribution in [2.75, 3.05) is 7.05 Å². The Labute approximate surface area is 214 Å². The lowest BCUT2D eigenvalue weighted by atomic mass is 9.87. The number of aliphatic imine (C=N–C) groups is 1. The molecule has 0 spiro atoms. The van der Waals surface area contributed by atoms with Crippen molar-refractivity contribution >= 4 is 33.9 Å². The number of carbonyl (C=O) groups is 1.